The fraction of sp³-hybridized carbons (Fsp3) is 0.364. The Morgan fingerprint density at radius 2 is 2.13 bits per heavy atom. The maximum absolute atomic E-state index is 11.1. The second-order valence-electron chi connectivity index (χ2n) is 3.24. The molecule has 0 bridgehead atoms. The minimum Gasteiger partial charge on any atom is -0.488 e. The first-order valence-corrected chi connectivity index (χ1v) is 4.94. The molecular formula is C11H16N2O2. The third kappa shape index (κ3) is 2.95. The van der Waals surface area contributed by atoms with Crippen molar-refractivity contribution >= 4 is 5.91 Å². The number of para-hydroxylation sites is 1. The summed E-state index contributed by atoms with van der Waals surface area (Å²) in [6, 6.07) is 6.90. The van der Waals surface area contributed by atoms with Crippen LogP contribution < -0.4 is 16.2 Å². The Labute approximate surface area is 89.2 Å². The van der Waals surface area contributed by atoms with Gasteiger partial charge in [-0.2, -0.15) is 0 Å². The summed E-state index contributed by atoms with van der Waals surface area (Å²) >= 11 is 0. The number of carbonyl (C=O) groups is 1. The molecule has 1 atom stereocenters. The quantitative estimate of drug-likeness (QED) is 0.754. The molecule has 1 aromatic carbocycles. The van der Waals surface area contributed by atoms with Crippen LogP contribution in [-0.2, 0) is 0 Å². The van der Waals surface area contributed by atoms with Gasteiger partial charge in [-0.25, -0.2) is 0 Å². The standard InChI is InChI=1S/C11H16N2O2/c1-2-8(7-12)15-10-6-4-3-5-9(10)11(13)14/h3-6,8H,2,7,12H2,1H3,(H2,13,14). The van der Waals surface area contributed by atoms with Gasteiger partial charge in [-0.15, -0.1) is 0 Å². The maximum atomic E-state index is 11.1. The van der Waals surface area contributed by atoms with E-state index in [1.165, 1.54) is 0 Å². The normalized spacial score (nSPS) is 12.1. The number of primary amides is 1. The molecule has 82 valence electrons. The third-order valence-corrected chi connectivity index (χ3v) is 2.16. The van der Waals surface area contributed by atoms with Gasteiger partial charge in [0, 0.05) is 6.54 Å². The van der Waals surface area contributed by atoms with E-state index in [4.69, 9.17) is 16.2 Å². The molecule has 0 saturated heterocycles. The van der Waals surface area contributed by atoms with Crippen LogP contribution in [0.1, 0.15) is 23.7 Å². The summed E-state index contributed by atoms with van der Waals surface area (Å²) in [6.07, 6.45) is 0.717. The van der Waals surface area contributed by atoms with Gasteiger partial charge in [0.1, 0.15) is 11.9 Å². The average molecular weight is 208 g/mol. The zero-order chi connectivity index (χ0) is 11.3. The highest BCUT2D eigenvalue weighted by molar-refractivity contribution is 5.95. The summed E-state index contributed by atoms with van der Waals surface area (Å²) < 4.78 is 5.58. The molecule has 0 saturated carbocycles. The number of rotatable bonds is 5. The van der Waals surface area contributed by atoms with Crippen LogP contribution in [0.15, 0.2) is 24.3 Å². The van der Waals surface area contributed by atoms with E-state index in [2.05, 4.69) is 0 Å². The summed E-state index contributed by atoms with van der Waals surface area (Å²) in [5, 5.41) is 0. The molecule has 0 aliphatic carbocycles. The Bertz CT molecular complexity index is 335. The molecule has 0 radical (unpaired) electrons. The number of carbonyl (C=O) groups excluding carboxylic acids is 1. The van der Waals surface area contributed by atoms with Gasteiger partial charge in [0.2, 0.25) is 0 Å². The van der Waals surface area contributed by atoms with Crippen LogP contribution in [0.3, 0.4) is 0 Å². The predicted molar refractivity (Wildman–Crippen MR) is 58.7 cm³/mol. The van der Waals surface area contributed by atoms with Gasteiger partial charge >= 0.3 is 0 Å². The van der Waals surface area contributed by atoms with Crippen LogP contribution in [0.4, 0.5) is 0 Å². The first-order chi connectivity index (χ1) is 7.19. The van der Waals surface area contributed by atoms with Crippen molar-refractivity contribution in [3.05, 3.63) is 29.8 Å². The fourth-order valence-corrected chi connectivity index (χ4v) is 1.25. The zero-order valence-electron chi connectivity index (χ0n) is 8.77. The van der Waals surface area contributed by atoms with Gasteiger partial charge in [-0.05, 0) is 18.6 Å². The summed E-state index contributed by atoms with van der Waals surface area (Å²) in [6.45, 7) is 2.40. The van der Waals surface area contributed by atoms with Gasteiger partial charge < -0.3 is 16.2 Å². The first kappa shape index (κ1) is 11.5. The fourth-order valence-electron chi connectivity index (χ4n) is 1.25. The summed E-state index contributed by atoms with van der Waals surface area (Å²) in [7, 11) is 0. The smallest absolute Gasteiger partial charge is 0.252 e. The van der Waals surface area contributed by atoms with E-state index in [0.717, 1.165) is 6.42 Å². The molecule has 1 amide bonds. The highest BCUT2D eigenvalue weighted by Crippen LogP contribution is 2.19. The van der Waals surface area contributed by atoms with E-state index in [0.29, 0.717) is 17.9 Å². The van der Waals surface area contributed by atoms with Crippen LogP contribution in [0.2, 0.25) is 0 Å². The molecule has 4 nitrogen and oxygen atoms in total. The van der Waals surface area contributed by atoms with Gasteiger partial charge in [0.25, 0.3) is 5.91 Å². The molecule has 0 spiro atoms. The Hall–Kier alpha value is -1.55. The molecule has 0 aliphatic heterocycles. The van der Waals surface area contributed by atoms with Crippen LogP contribution in [0.5, 0.6) is 5.75 Å². The number of nitrogens with two attached hydrogens (primary N) is 2. The van der Waals surface area contributed by atoms with Gasteiger partial charge in [0.15, 0.2) is 0 Å². The van der Waals surface area contributed by atoms with Crippen molar-refractivity contribution in [2.24, 2.45) is 11.5 Å². The molecule has 0 aromatic heterocycles. The molecule has 0 aliphatic rings. The van der Waals surface area contributed by atoms with Crippen LogP contribution in [-0.4, -0.2) is 18.6 Å². The van der Waals surface area contributed by atoms with Crippen LogP contribution >= 0.6 is 0 Å². The Balaban J connectivity index is 2.88. The van der Waals surface area contributed by atoms with Crippen LogP contribution in [0, 0.1) is 0 Å². The van der Waals surface area contributed by atoms with E-state index in [-0.39, 0.29) is 6.10 Å². The number of ether oxygens (including phenoxy) is 1. The van der Waals surface area contributed by atoms with E-state index in [9.17, 15) is 4.79 Å². The van der Waals surface area contributed by atoms with E-state index in [1.54, 1.807) is 24.3 Å². The van der Waals surface area contributed by atoms with Crippen molar-refractivity contribution in [2.45, 2.75) is 19.4 Å². The SMILES string of the molecule is CCC(CN)Oc1ccccc1C(N)=O. The van der Waals surface area contributed by atoms with Crippen molar-refractivity contribution in [3.63, 3.8) is 0 Å². The number of benzene rings is 1. The topological polar surface area (TPSA) is 78.3 Å². The Morgan fingerprint density at radius 1 is 1.47 bits per heavy atom. The number of hydrogen-bond donors (Lipinski definition) is 2. The van der Waals surface area contributed by atoms with E-state index in [1.807, 2.05) is 6.92 Å². The zero-order valence-corrected chi connectivity index (χ0v) is 8.77. The second-order valence-corrected chi connectivity index (χ2v) is 3.24. The highest BCUT2D eigenvalue weighted by Gasteiger charge is 2.12. The van der Waals surface area contributed by atoms with Crippen molar-refractivity contribution in [3.8, 4) is 5.75 Å². The second kappa shape index (κ2) is 5.36. The first-order valence-electron chi connectivity index (χ1n) is 4.94. The van der Waals surface area contributed by atoms with Crippen molar-refractivity contribution in [1.82, 2.24) is 0 Å². The molecule has 1 rings (SSSR count). The largest absolute Gasteiger partial charge is 0.488 e. The van der Waals surface area contributed by atoms with E-state index >= 15 is 0 Å². The summed E-state index contributed by atoms with van der Waals surface area (Å²) in [5.74, 6) is 0.0137. The minimum absolute atomic E-state index is 0.0782. The van der Waals surface area contributed by atoms with Gasteiger partial charge in [-0.3, -0.25) is 4.79 Å². The summed E-state index contributed by atoms with van der Waals surface area (Å²) in [5.41, 5.74) is 11.1. The lowest BCUT2D eigenvalue weighted by atomic mass is 10.2. The molecule has 1 aromatic rings. The average Bonchev–Trinajstić information content (AvgIpc) is 2.26. The molecule has 0 fully saturated rings. The molecule has 15 heavy (non-hydrogen) atoms. The van der Waals surface area contributed by atoms with Crippen molar-refractivity contribution in [1.29, 1.82) is 0 Å². The molecule has 0 heterocycles. The number of hydrogen-bond acceptors (Lipinski definition) is 3. The molecular weight excluding hydrogens is 192 g/mol. The lowest BCUT2D eigenvalue weighted by molar-refractivity contribution is 0.0993. The molecule has 1 unspecified atom stereocenters. The monoisotopic (exact) mass is 208 g/mol. The lowest BCUT2D eigenvalue weighted by Crippen LogP contribution is -2.27. The Kier molecular flexibility index (Phi) is 4.12. The van der Waals surface area contributed by atoms with Crippen molar-refractivity contribution in [2.75, 3.05) is 6.54 Å². The van der Waals surface area contributed by atoms with Gasteiger partial charge in [0.05, 0.1) is 5.56 Å². The third-order valence-electron chi connectivity index (χ3n) is 2.16. The predicted octanol–water partition coefficient (Wildman–Crippen LogP) is 0.902. The lowest BCUT2D eigenvalue weighted by Gasteiger charge is -2.16. The van der Waals surface area contributed by atoms with Crippen molar-refractivity contribution < 1.29 is 9.53 Å². The van der Waals surface area contributed by atoms with E-state index < -0.39 is 5.91 Å². The number of amides is 1. The van der Waals surface area contributed by atoms with Crippen LogP contribution in [0.25, 0.3) is 0 Å². The molecule has 4 N–H and O–H groups in total. The molecule has 4 heteroatoms. The maximum Gasteiger partial charge on any atom is 0.252 e. The highest BCUT2D eigenvalue weighted by atomic mass is 16.5. The summed E-state index contributed by atoms with van der Waals surface area (Å²) in [4.78, 5) is 11.1. The minimum atomic E-state index is -0.488. The Morgan fingerprint density at radius 3 is 2.67 bits per heavy atom. The van der Waals surface area contributed by atoms with Gasteiger partial charge in [-0.1, -0.05) is 19.1 Å².